The fourth-order valence-corrected chi connectivity index (χ4v) is 4.71. The molecular weight excluding hydrogens is 454 g/mol. The summed E-state index contributed by atoms with van der Waals surface area (Å²) in [5.74, 6) is 0.542. The number of ether oxygens (including phenoxy) is 3. The van der Waals surface area contributed by atoms with Gasteiger partial charge in [0, 0.05) is 17.7 Å². The predicted molar refractivity (Wildman–Crippen MR) is 140 cm³/mol. The number of nitrogens with zero attached hydrogens (tertiary/aromatic N) is 1. The summed E-state index contributed by atoms with van der Waals surface area (Å²) in [6.45, 7) is 8.17. The lowest BCUT2D eigenvalue weighted by molar-refractivity contribution is -0.150. The maximum atomic E-state index is 14.0. The first kappa shape index (κ1) is 25.3. The summed E-state index contributed by atoms with van der Waals surface area (Å²) < 4.78 is 16.8. The first-order chi connectivity index (χ1) is 17.1. The Bertz CT molecular complexity index is 1280. The highest BCUT2D eigenvalue weighted by atomic mass is 16.5. The number of fused-ring (bicyclic) bond motifs is 1. The zero-order valence-electron chi connectivity index (χ0n) is 21.8. The van der Waals surface area contributed by atoms with Crippen molar-refractivity contribution in [3.8, 4) is 11.5 Å². The average molecular weight is 488 g/mol. The molecule has 1 unspecified atom stereocenters. The van der Waals surface area contributed by atoms with Gasteiger partial charge in [0.05, 0.1) is 14.2 Å². The molecule has 1 amide bonds. The lowest BCUT2D eigenvalue weighted by Gasteiger charge is -2.34. The summed E-state index contributed by atoms with van der Waals surface area (Å²) in [6, 6.07) is 20.4. The Morgan fingerprint density at radius 2 is 1.67 bits per heavy atom. The molecule has 0 spiro atoms. The minimum Gasteiger partial charge on any atom is -0.497 e. The Labute approximate surface area is 212 Å². The number of esters is 1. The van der Waals surface area contributed by atoms with Crippen LogP contribution in [0.5, 0.6) is 11.5 Å². The molecule has 188 valence electrons. The summed E-state index contributed by atoms with van der Waals surface area (Å²) in [7, 11) is 3.19. The molecule has 0 saturated heterocycles. The van der Waals surface area contributed by atoms with E-state index < -0.39 is 11.5 Å². The van der Waals surface area contributed by atoms with Gasteiger partial charge in [-0.25, -0.2) is 4.79 Å². The number of methoxy groups -OCH3 is 2. The zero-order chi connectivity index (χ0) is 26.1. The molecule has 36 heavy (non-hydrogen) atoms. The molecule has 1 atom stereocenters. The number of hydrogen-bond acceptors (Lipinski definition) is 5. The van der Waals surface area contributed by atoms with Crippen LogP contribution in [0, 0.1) is 0 Å². The lowest BCUT2D eigenvalue weighted by atomic mass is 9.85. The second kappa shape index (κ2) is 9.69. The van der Waals surface area contributed by atoms with Gasteiger partial charge in [0.2, 0.25) is 0 Å². The molecule has 1 aliphatic rings. The highest BCUT2D eigenvalue weighted by Gasteiger charge is 2.50. The molecular formula is C30H33NO5. The molecule has 0 saturated carbocycles. The normalized spacial score (nSPS) is 16.9. The first-order valence-electron chi connectivity index (χ1n) is 12.0. The van der Waals surface area contributed by atoms with Gasteiger partial charge >= 0.3 is 5.97 Å². The van der Waals surface area contributed by atoms with E-state index in [2.05, 4.69) is 20.8 Å². The zero-order valence-corrected chi connectivity index (χ0v) is 21.8. The van der Waals surface area contributed by atoms with Crippen LogP contribution in [-0.2, 0) is 28.0 Å². The molecule has 4 rings (SSSR count). The standard InChI is InChI=1S/C30H33NO5/c1-29(2,3)24-14-12-21(17-26(24)35-6)27(32)31-25-15-13-23(34-5)16-22(25)18-30(31,4)28(33)36-19-20-10-8-7-9-11-20/h7-17H,18-19H2,1-6H3. The molecule has 3 aromatic carbocycles. The van der Waals surface area contributed by atoms with Crippen LogP contribution in [0.2, 0.25) is 0 Å². The summed E-state index contributed by atoms with van der Waals surface area (Å²) in [5, 5.41) is 0. The first-order valence-corrected chi connectivity index (χ1v) is 12.0. The van der Waals surface area contributed by atoms with Crippen molar-refractivity contribution >= 4 is 17.6 Å². The van der Waals surface area contributed by atoms with Gasteiger partial charge in [-0.05, 0) is 59.4 Å². The summed E-state index contributed by atoms with van der Waals surface area (Å²) in [4.78, 5) is 29.1. The summed E-state index contributed by atoms with van der Waals surface area (Å²) >= 11 is 0. The molecule has 6 nitrogen and oxygen atoms in total. The monoisotopic (exact) mass is 487 g/mol. The van der Waals surface area contributed by atoms with Crippen LogP contribution in [0.4, 0.5) is 5.69 Å². The fourth-order valence-electron chi connectivity index (χ4n) is 4.71. The van der Waals surface area contributed by atoms with Crippen molar-refractivity contribution in [3.63, 3.8) is 0 Å². The number of anilines is 1. The average Bonchev–Trinajstić information content (AvgIpc) is 3.18. The van der Waals surface area contributed by atoms with Gasteiger partial charge in [-0.2, -0.15) is 0 Å². The van der Waals surface area contributed by atoms with Crippen molar-refractivity contribution < 1.29 is 23.8 Å². The Morgan fingerprint density at radius 3 is 2.31 bits per heavy atom. The number of carbonyl (C=O) groups excluding carboxylic acids is 2. The third-order valence-electron chi connectivity index (χ3n) is 6.67. The minimum absolute atomic E-state index is 0.130. The van der Waals surface area contributed by atoms with Crippen molar-refractivity contribution in [1.29, 1.82) is 0 Å². The quantitative estimate of drug-likeness (QED) is 0.417. The second-order valence-corrected chi connectivity index (χ2v) is 10.3. The molecule has 1 heterocycles. The van der Waals surface area contributed by atoms with Crippen LogP contribution < -0.4 is 14.4 Å². The van der Waals surface area contributed by atoms with Gasteiger partial charge in [0.15, 0.2) is 0 Å². The molecule has 0 aromatic heterocycles. The van der Waals surface area contributed by atoms with Gasteiger partial charge < -0.3 is 14.2 Å². The lowest BCUT2D eigenvalue weighted by Crippen LogP contribution is -2.54. The van der Waals surface area contributed by atoms with Crippen LogP contribution in [0.15, 0.2) is 66.7 Å². The van der Waals surface area contributed by atoms with E-state index in [0.29, 0.717) is 29.2 Å². The van der Waals surface area contributed by atoms with Crippen molar-refractivity contribution in [3.05, 3.63) is 89.0 Å². The van der Waals surface area contributed by atoms with E-state index in [1.165, 1.54) is 0 Å². The molecule has 6 heteroatoms. The topological polar surface area (TPSA) is 65.1 Å². The van der Waals surface area contributed by atoms with E-state index in [1.54, 1.807) is 44.2 Å². The number of rotatable bonds is 6. The molecule has 1 aliphatic heterocycles. The van der Waals surface area contributed by atoms with Gasteiger partial charge in [0.1, 0.15) is 23.6 Å². The Hall–Kier alpha value is -3.80. The largest absolute Gasteiger partial charge is 0.497 e. The maximum absolute atomic E-state index is 14.0. The number of hydrogen-bond donors (Lipinski definition) is 0. The SMILES string of the molecule is COc1ccc2c(c1)CC(C)(C(=O)OCc1ccccc1)N2C(=O)c1ccc(C(C)(C)C)c(OC)c1. The van der Waals surface area contributed by atoms with Gasteiger partial charge in [0.25, 0.3) is 5.91 Å². The molecule has 0 bridgehead atoms. The van der Waals surface area contributed by atoms with Crippen LogP contribution in [0.1, 0.15) is 54.7 Å². The number of amides is 1. The van der Waals surface area contributed by atoms with Crippen molar-refractivity contribution in [2.45, 2.75) is 51.7 Å². The van der Waals surface area contributed by atoms with Crippen molar-refractivity contribution in [1.82, 2.24) is 0 Å². The van der Waals surface area contributed by atoms with Crippen molar-refractivity contribution in [2.24, 2.45) is 0 Å². The van der Waals surface area contributed by atoms with E-state index in [1.807, 2.05) is 48.5 Å². The van der Waals surface area contributed by atoms with Crippen molar-refractivity contribution in [2.75, 3.05) is 19.1 Å². The highest BCUT2D eigenvalue weighted by molar-refractivity contribution is 6.12. The molecule has 0 radical (unpaired) electrons. The van der Waals surface area contributed by atoms with E-state index >= 15 is 0 Å². The predicted octanol–water partition coefficient (Wildman–Crippen LogP) is 5.71. The Morgan fingerprint density at radius 1 is 0.944 bits per heavy atom. The Kier molecular flexibility index (Phi) is 6.81. The van der Waals surface area contributed by atoms with Gasteiger partial charge in [-0.1, -0.05) is 57.2 Å². The third-order valence-corrected chi connectivity index (χ3v) is 6.67. The number of benzene rings is 3. The number of carbonyl (C=O) groups is 2. The van der Waals surface area contributed by atoms with Crippen LogP contribution >= 0.6 is 0 Å². The smallest absolute Gasteiger partial charge is 0.332 e. The molecule has 0 N–H and O–H groups in total. The fraction of sp³-hybridized carbons (Fsp3) is 0.333. The van der Waals surface area contributed by atoms with Crippen LogP contribution in [0.25, 0.3) is 0 Å². The van der Waals surface area contributed by atoms with E-state index in [4.69, 9.17) is 14.2 Å². The molecule has 0 aliphatic carbocycles. The highest BCUT2D eigenvalue weighted by Crippen LogP contribution is 2.43. The van der Waals surface area contributed by atoms with Crippen LogP contribution in [-0.4, -0.2) is 31.6 Å². The van der Waals surface area contributed by atoms with E-state index in [9.17, 15) is 9.59 Å². The minimum atomic E-state index is -1.23. The van der Waals surface area contributed by atoms with Crippen LogP contribution in [0.3, 0.4) is 0 Å². The van der Waals surface area contributed by atoms with E-state index in [0.717, 1.165) is 16.7 Å². The Balaban J connectivity index is 1.73. The van der Waals surface area contributed by atoms with Gasteiger partial charge in [-0.3, -0.25) is 9.69 Å². The molecule has 0 fully saturated rings. The third kappa shape index (κ3) is 4.68. The summed E-state index contributed by atoms with van der Waals surface area (Å²) in [5.41, 5.74) is 2.45. The van der Waals surface area contributed by atoms with E-state index in [-0.39, 0.29) is 17.9 Å². The molecule has 3 aromatic rings. The second-order valence-electron chi connectivity index (χ2n) is 10.3. The van der Waals surface area contributed by atoms with Gasteiger partial charge in [-0.15, -0.1) is 0 Å². The maximum Gasteiger partial charge on any atom is 0.332 e. The summed E-state index contributed by atoms with van der Waals surface area (Å²) in [6.07, 6.45) is 0.316.